The molecular weight excluding hydrogens is 306 g/mol. The molecule has 0 spiro atoms. The molecule has 3 heteroatoms. The van der Waals surface area contributed by atoms with Crippen molar-refractivity contribution in [3.63, 3.8) is 0 Å². The molecule has 1 fully saturated rings. The van der Waals surface area contributed by atoms with Crippen molar-refractivity contribution in [1.29, 1.82) is 0 Å². The lowest BCUT2D eigenvalue weighted by Gasteiger charge is -2.03. The van der Waals surface area contributed by atoms with Crippen LogP contribution in [-0.4, -0.2) is 0 Å². The first-order chi connectivity index (χ1) is 5.68. The molecule has 0 heterocycles. The highest BCUT2D eigenvalue weighted by Gasteiger charge is 2.25. The maximum absolute atomic E-state index is 5.99. The van der Waals surface area contributed by atoms with E-state index in [1.165, 1.54) is 24.3 Å². The van der Waals surface area contributed by atoms with Crippen LogP contribution in [-0.2, 0) is 0 Å². The van der Waals surface area contributed by atoms with Crippen molar-refractivity contribution in [2.75, 3.05) is 0 Å². The summed E-state index contributed by atoms with van der Waals surface area (Å²) in [6, 6.07) is 4.00. The van der Waals surface area contributed by atoms with Crippen LogP contribution in [0.4, 0.5) is 0 Å². The van der Waals surface area contributed by atoms with Crippen LogP contribution < -0.4 is 0 Å². The van der Waals surface area contributed by atoms with Crippen molar-refractivity contribution >= 4 is 45.8 Å². The molecule has 0 atom stereocenters. The van der Waals surface area contributed by atoms with E-state index in [1.807, 2.05) is 12.1 Å². The zero-order chi connectivity index (χ0) is 8.72. The van der Waals surface area contributed by atoms with Gasteiger partial charge in [0.05, 0.1) is 13.6 Å². The van der Waals surface area contributed by atoms with E-state index in [1.54, 1.807) is 0 Å². The third-order valence-electron chi connectivity index (χ3n) is 1.89. The number of halogens is 3. The van der Waals surface area contributed by atoms with Gasteiger partial charge in [-0.3, -0.25) is 0 Å². The van der Waals surface area contributed by atoms with Crippen LogP contribution in [0.15, 0.2) is 12.1 Å². The quantitative estimate of drug-likeness (QED) is 0.535. The summed E-state index contributed by atoms with van der Waals surface area (Å²) >= 11 is 14.1. The molecule has 1 radical (unpaired) electrons. The predicted octanol–water partition coefficient (Wildman–Crippen LogP) is 4.31. The van der Waals surface area contributed by atoms with Crippen molar-refractivity contribution in [2.24, 2.45) is 0 Å². The molecule has 1 aliphatic rings. The van der Waals surface area contributed by atoms with Crippen LogP contribution in [0, 0.1) is 9.49 Å². The average Bonchev–Trinajstić information content (AvgIpc) is 2.81. The van der Waals surface area contributed by atoms with Gasteiger partial charge in [-0.15, -0.1) is 0 Å². The standard InChI is InChI=1S/C9H6Cl2I/c10-7-3-6(5-1-2-5)4-8(11)9(7)12/h3-4H,1-2H2. The van der Waals surface area contributed by atoms with E-state index in [-0.39, 0.29) is 0 Å². The maximum atomic E-state index is 5.99. The van der Waals surface area contributed by atoms with Crippen molar-refractivity contribution in [2.45, 2.75) is 12.8 Å². The number of hydrogen-bond acceptors (Lipinski definition) is 0. The summed E-state index contributed by atoms with van der Waals surface area (Å²) in [7, 11) is 0. The Labute approximate surface area is 95.4 Å². The lowest BCUT2D eigenvalue weighted by atomic mass is 10.1. The van der Waals surface area contributed by atoms with E-state index in [2.05, 4.69) is 22.6 Å². The van der Waals surface area contributed by atoms with Gasteiger partial charge in [-0.05, 0) is 53.1 Å². The topological polar surface area (TPSA) is 0 Å². The second-order valence-corrected chi connectivity index (χ2v) is 4.75. The van der Waals surface area contributed by atoms with Crippen molar-refractivity contribution in [3.8, 4) is 0 Å². The van der Waals surface area contributed by atoms with Crippen molar-refractivity contribution in [1.82, 2.24) is 0 Å². The van der Waals surface area contributed by atoms with Crippen LogP contribution in [0.2, 0.25) is 10.0 Å². The molecule has 1 saturated carbocycles. The van der Waals surface area contributed by atoms with Gasteiger partial charge >= 0.3 is 0 Å². The summed E-state index contributed by atoms with van der Waals surface area (Å²) in [5, 5.41) is 1.52. The second-order valence-electron chi connectivity index (χ2n) is 2.86. The van der Waals surface area contributed by atoms with E-state index >= 15 is 0 Å². The summed E-state index contributed by atoms with van der Waals surface area (Å²) in [5.41, 5.74) is 1.21. The largest absolute Gasteiger partial charge is 0.0831 e. The summed E-state index contributed by atoms with van der Waals surface area (Å²) in [6.45, 7) is 0. The lowest BCUT2D eigenvalue weighted by Crippen LogP contribution is -1.84. The SMILES string of the molecule is Clc1cc([C]2CC2)cc(Cl)c1I. The average molecular weight is 312 g/mol. The van der Waals surface area contributed by atoms with Gasteiger partial charge in [-0.25, -0.2) is 0 Å². The third kappa shape index (κ3) is 1.73. The normalized spacial score (nSPS) is 16.6. The van der Waals surface area contributed by atoms with Gasteiger partial charge < -0.3 is 0 Å². The minimum absolute atomic E-state index is 0.762. The Morgan fingerprint density at radius 2 is 1.58 bits per heavy atom. The number of rotatable bonds is 1. The van der Waals surface area contributed by atoms with Gasteiger partial charge in [0.25, 0.3) is 0 Å². The molecule has 1 aromatic rings. The van der Waals surface area contributed by atoms with Gasteiger partial charge in [0.1, 0.15) is 0 Å². The van der Waals surface area contributed by atoms with Crippen LogP contribution in [0.5, 0.6) is 0 Å². The number of hydrogen-bond donors (Lipinski definition) is 0. The molecule has 0 bridgehead atoms. The van der Waals surface area contributed by atoms with Gasteiger partial charge in [0, 0.05) is 5.92 Å². The fourth-order valence-electron chi connectivity index (χ4n) is 1.11. The highest BCUT2D eigenvalue weighted by Crippen LogP contribution is 2.41. The fourth-order valence-corrected chi connectivity index (χ4v) is 1.91. The Kier molecular flexibility index (Phi) is 2.54. The molecule has 1 aromatic carbocycles. The zero-order valence-electron chi connectivity index (χ0n) is 6.20. The summed E-state index contributed by atoms with van der Waals surface area (Å²) in [5.74, 6) is 1.47. The summed E-state index contributed by atoms with van der Waals surface area (Å²) in [6.07, 6.45) is 2.40. The van der Waals surface area contributed by atoms with Gasteiger partial charge in [0.2, 0.25) is 0 Å². The van der Waals surface area contributed by atoms with Crippen LogP contribution in [0.3, 0.4) is 0 Å². The molecule has 63 valence electrons. The first kappa shape index (κ1) is 9.10. The van der Waals surface area contributed by atoms with E-state index in [0.29, 0.717) is 0 Å². The maximum Gasteiger partial charge on any atom is 0.0557 e. The minimum Gasteiger partial charge on any atom is -0.0831 e. The molecule has 0 amide bonds. The number of benzene rings is 1. The molecule has 0 nitrogen and oxygen atoms in total. The van der Waals surface area contributed by atoms with Crippen LogP contribution in [0.25, 0.3) is 0 Å². The molecule has 0 saturated heterocycles. The lowest BCUT2D eigenvalue weighted by molar-refractivity contribution is 1.40. The second kappa shape index (κ2) is 3.35. The minimum atomic E-state index is 0.762. The molecule has 2 rings (SSSR count). The van der Waals surface area contributed by atoms with E-state index in [9.17, 15) is 0 Å². The monoisotopic (exact) mass is 311 g/mol. The third-order valence-corrected chi connectivity index (χ3v) is 4.29. The molecule has 0 aromatic heterocycles. The highest BCUT2D eigenvalue weighted by atomic mass is 127. The molecule has 0 aliphatic heterocycles. The van der Waals surface area contributed by atoms with E-state index in [4.69, 9.17) is 23.2 Å². The fraction of sp³-hybridized carbons (Fsp3) is 0.222. The van der Waals surface area contributed by atoms with Gasteiger partial charge in [-0.2, -0.15) is 0 Å². The van der Waals surface area contributed by atoms with Crippen LogP contribution >= 0.6 is 45.8 Å². The molecular formula is C9H6Cl2I. The predicted molar refractivity (Wildman–Crippen MR) is 60.8 cm³/mol. The first-order valence-corrected chi connectivity index (χ1v) is 5.51. The van der Waals surface area contributed by atoms with Crippen molar-refractivity contribution in [3.05, 3.63) is 37.2 Å². The van der Waals surface area contributed by atoms with Gasteiger partial charge in [0.15, 0.2) is 0 Å². The zero-order valence-corrected chi connectivity index (χ0v) is 9.87. The Morgan fingerprint density at radius 1 is 1.08 bits per heavy atom. The smallest absolute Gasteiger partial charge is 0.0557 e. The summed E-state index contributed by atoms with van der Waals surface area (Å²) < 4.78 is 0.945. The summed E-state index contributed by atoms with van der Waals surface area (Å²) in [4.78, 5) is 0. The van der Waals surface area contributed by atoms with E-state index in [0.717, 1.165) is 13.6 Å². The first-order valence-electron chi connectivity index (χ1n) is 3.68. The molecule has 0 N–H and O–H groups in total. The Balaban J connectivity index is 2.45. The van der Waals surface area contributed by atoms with Crippen molar-refractivity contribution < 1.29 is 0 Å². The Hall–Kier alpha value is 0.530. The molecule has 12 heavy (non-hydrogen) atoms. The van der Waals surface area contributed by atoms with Crippen LogP contribution in [0.1, 0.15) is 18.4 Å². The Morgan fingerprint density at radius 3 is 2.00 bits per heavy atom. The molecule has 1 aliphatic carbocycles. The molecule has 0 unspecified atom stereocenters. The highest BCUT2D eigenvalue weighted by molar-refractivity contribution is 14.1. The van der Waals surface area contributed by atoms with Gasteiger partial charge in [-0.1, -0.05) is 23.2 Å². The Bertz CT molecular complexity index is 295. The van der Waals surface area contributed by atoms with E-state index < -0.39 is 0 Å².